The molecular weight excluding hydrogens is 354 g/mol. The summed E-state index contributed by atoms with van der Waals surface area (Å²) in [7, 11) is 0. The molecule has 1 heterocycles. The minimum absolute atomic E-state index is 0.130. The summed E-state index contributed by atoms with van der Waals surface area (Å²) < 4.78 is 13.6. The van der Waals surface area contributed by atoms with Crippen molar-refractivity contribution >= 4 is 39.1 Å². The second kappa shape index (κ2) is 5.73. The van der Waals surface area contributed by atoms with Crippen molar-refractivity contribution in [3.05, 3.63) is 44.4 Å². The van der Waals surface area contributed by atoms with Crippen LogP contribution in [0.4, 0.5) is 4.39 Å². The van der Waals surface area contributed by atoms with Crippen LogP contribution < -0.4 is 0 Å². The van der Waals surface area contributed by atoms with E-state index in [1.165, 1.54) is 12.1 Å². The van der Waals surface area contributed by atoms with E-state index in [9.17, 15) is 4.39 Å². The number of aromatic nitrogens is 2. The first-order valence-electron chi connectivity index (χ1n) is 5.58. The van der Waals surface area contributed by atoms with Crippen LogP contribution in [0.5, 0.6) is 0 Å². The van der Waals surface area contributed by atoms with E-state index in [0.717, 1.165) is 0 Å². The van der Waals surface area contributed by atoms with Gasteiger partial charge in [0.25, 0.3) is 0 Å². The Morgan fingerprint density at radius 2 is 1.74 bits per heavy atom. The maximum absolute atomic E-state index is 13.1. The number of rotatable bonds is 2. The molecule has 0 atom stereocenters. The van der Waals surface area contributed by atoms with Crippen LogP contribution in [0.25, 0.3) is 11.4 Å². The molecule has 100 valence electrons. The zero-order valence-electron chi connectivity index (χ0n) is 10.2. The van der Waals surface area contributed by atoms with Crippen LogP contribution in [0.15, 0.2) is 22.7 Å². The zero-order valence-corrected chi connectivity index (χ0v) is 13.3. The molecule has 19 heavy (non-hydrogen) atoms. The SMILES string of the molecule is CC(C)c1c(Cl)nc(-c2ccc(F)cc2Br)nc1Cl. The summed E-state index contributed by atoms with van der Waals surface area (Å²) >= 11 is 15.6. The lowest BCUT2D eigenvalue weighted by molar-refractivity contribution is 0.627. The topological polar surface area (TPSA) is 25.8 Å². The number of hydrogen-bond acceptors (Lipinski definition) is 2. The molecule has 0 spiro atoms. The average molecular weight is 364 g/mol. The molecule has 1 aromatic heterocycles. The van der Waals surface area contributed by atoms with Crippen LogP contribution in [0.2, 0.25) is 10.3 Å². The fourth-order valence-corrected chi connectivity index (χ4v) is 3.04. The molecule has 2 nitrogen and oxygen atoms in total. The lowest BCUT2D eigenvalue weighted by Gasteiger charge is -2.11. The quantitative estimate of drug-likeness (QED) is 0.660. The highest BCUT2D eigenvalue weighted by Crippen LogP contribution is 2.33. The number of hydrogen-bond donors (Lipinski definition) is 0. The van der Waals surface area contributed by atoms with E-state index >= 15 is 0 Å². The first-order valence-corrected chi connectivity index (χ1v) is 7.13. The van der Waals surface area contributed by atoms with E-state index in [0.29, 0.717) is 31.7 Å². The van der Waals surface area contributed by atoms with E-state index < -0.39 is 0 Å². The summed E-state index contributed by atoms with van der Waals surface area (Å²) in [6.45, 7) is 3.92. The Labute approximate surface area is 129 Å². The third kappa shape index (κ3) is 3.07. The van der Waals surface area contributed by atoms with Crippen molar-refractivity contribution in [1.82, 2.24) is 9.97 Å². The van der Waals surface area contributed by atoms with Gasteiger partial charge in [-0.15, -0.1) is 0 Å². The summed E-state index contributed by atoms with van der Waals surface area (Å²) in [5, 5.41) is 0.641. The van der Waals surface area contributed by atoms with Gasteiger partial charge in [-0.3, -0.25) is 0 Å². The molecule has 0 aliphatic heterocycles. The van der Waals surface area contributed by atoms with Crippen LogP contribution in [0.3, 0.4) is 0 Å². The maximum atomic E-state index is 13.1. The Kier molecular flexibility index (Phi) is 4.43. The third-order valence-electron chi connectivity index (χ3n) is 2.60. The predicted octanol–water partition coefficient (Wildman–Crippen LogP) is 5.48. The number of nitrogens with zero attached hydrogens (tertiary/aromatic N) is 2. The van der Waals surface area contributed by atoms with Gasteiger partial charge in [-0.1, -0.05) is 37.0 Å². The molecule has 0 unspecified atom stereocenters. The Morgan fingerprint density at radius 1 is 1.16 bits per heavy atom. The molecule has 0 aliphatic rings. The lowest BCUT2D eigenvalue weighted by Crippen LogP contribution is -1.99. The summed E-state index contributed by atoms with van der Waals surface area (Å²) in [6.07, 6.45) is 0. The van der Waals surface area contributed by atoms with Crippen LogP contribution in [-0.2, 0) is 0 Å². The van der Waals surface area contributed by atoms with Crippen LogP contribution >= 0.6 is 39.1 Å². The monoisotopic (exact) mass is 362 g/mol. The van der Waals surface area contributed by atoms with Gasteiger partial charge in [-0.2, -0.15) is 0 Å². The minimum Gasteiger partial charge on any atom is -0.216 e. The highest BCUT2D eigenvalue weighted by Gasteiger charge is 2.16. The van der Waals surface area contributed by atoms with Gasteiger partial charge in [-0.05, 0) is 40.0 Å². The zero-order chi connectivity index (χ0) is 14.2. The van der Waals surface area contributed by atoms with Crippen LogP contribution in [-0.4, -0.2) is 9.97 Å². The van der Waals surface area contributed by atoms with Crippen molar-refractivity contribution in [3.8, 4) is 11.4 Å². The molecule has 0 fully saturated rings. The van der Waals surface area contributed by atoms with Crippen molar-refractivity contribution in [1.29, 1.82) is 0 Å². The van der Waals surface area contributed by atoms with Crippen molar-refractivity contribution in [2.45, 2.75) is 19.8 Å². The van der Waals surface area contributed by atoms with E-state index in [1.807, 2.05) is 13.8 Å². The van der Waals surface area contributed by atoms with Gasteiger partial charge in [0.15, 0.2) is 5.82 Å². The fraction of sp³-hybridized carbons (Fsp3) is 0.231. The van der Waals surface area contributed by atoms with Crippen LogP contribution in [0, 0.1) is 5.82 Å². The second-order valence-electron chi connectivity index (χ2n) is 4.32. The Hall–Kier alpha value is -0.710. The van der Waals surface area contributed by atoms with Gasteiger partial charge >= 0.3 is 0 Å². The van der Waals surface area contributed by atoms with E-state index in [1.54, 1.807) is 6.07 Å². The fourth-order valence-electron chi connectivity index (χ4n) is 1.68. The number of halogens is 4. The Bertz CT molecular complexity index is 609. The molecule has 0 saturated heterocycles. The van der Waals surface area contributed by atoms with Gasteiger partial charge < -0.3 is 0 Å². The van der Waals surface area contributed by atoms with Crippen molar-refractivity contribution < 1.29 is 4.39 Å². The molecule has 0 N–H and O–H groups in total. The third-order valence-corrected chi connectivity index (χ3v) is 3.83. The summed E-state index contributed by atoms with van der Waals surface area (Å²) in [5.74, 6) is 0.156. The van der Waals surface area contributed by atoms with Crippen molar-refractivity contribution in [2.75, 3.05) is 0 Å². The van der Waals surface area contributed by atoms with E-state index in [-0.39, 0.29) is 11.7 Å². The molecule has 2 aromatic rings. The molecule has 6 heteroatoms. The molecule has 0 amide bonds. The normalized spacial score (nSPS) is 11.1. The van der Waals surface area contributed by atoms with Gasteiger partial charge in [0.1, 0.15) is 16.1 Å². The first kappa shape index (κ1) is 14.7. The molecular formula is C13H10BrCl2FN2. The highest BCUT2D eigenvalue weighted by atomic mass is 79.9. The smallest absolute Gasteiger partial charge is 0.163 e. The van der Waals surface area contributed by atoms with Crippen LogP contribution in [0.1, 0.15) is 25.3 Å². The van der Waals surface area contributed by atoms with Crippen molar-refractivity contribution in [2.24, 2.45) is 0 Å². The standard InChI is InChI=1S/C13H10BrCl2FN2/c1-6(2)10-11(15)18-13(19-12(10)16)8-4-3-7(17)5-9(8)14/h3-6H,1-2H3. The molecule has 1 aromatic carbocycles. The summed E-state index contributed by atoms with van der Waals surface area (Å²) in [5.41, 5.74) is 1.35. The van der Waals surface area contributed by atoms with E-state index in [4.69, 9.17) is 23.2 Å². The summed E-state index contributed by atoms with van der Waals surface area (Å²) in [6, 6.07) is 4.26. The number of benzene rings is 1. The molecule has 0 radical (unpaired) electrons. The van der Waals surface area contributed by atoms with Gasteiger partial charge in [0.05, 0.1) is 0 Å². The van der Waals surface area contributed by atoms with Gasteiger partial charge in [-0.25, -0.2) is 14.4 Å². The average Bonchev–Trinajstić information content (AvgIpc) is 2.26. The minimum atomic E-state index is -0.341. The van der Waals surface area contributed by atoms with Gasteiger partial charge in [0, 0.05) is 15.6 Å². The largest absolute Gasteiger partial charge is 0.216 e. The molecule has 2 rings (SSSR count). The lowest BCUT2D eigenvalue weighted by atomic mass is 10.1. The highest BCUT2D eigenvalue weighted by molar-refractivity contribution is 9.10. The predicted molar refractivity (Wildman–Crippen MR) is 79.2 cm³/mol. The Morgan fingerprint density at radius 3 is 2.21 bits per heavy atom. The first-order chi connectivity index (χ1) is 8.90. The summed E-state index contributed by atoms with van der Waals surface area (Å²) in [4.78, 5) is 8.47. The second-order valence-corrected chi connectivity index (χ2v) is 5.89. The van der Waals surface area contributed by atoms with E-state index in [2.05, 4.69) is 25.9 Å². The van der Waals surface area contributed by atoms with Crippen molar-refractivity contribution in [3.63, 3.8) is 0 Å². The van der Waals surface area contributed by atoms with Gasteiger partial charge in [0.2, 0.25) is 0 Å². The molecule has 0 aliphatic carbocycles. The molecule has 0 saturated carbocycles. The Balaban J connectivity index is 2.58. The molecule has 0 bridgehead atoms. The maximum Gasteiger partial charge on any atom is 0.163 e.